The normalized spacial score (nSPS) is 37.5. The first-order valence-electron chi connectivity index (χ1n) is 4.27. The molecule has 0 bridgehead atoms. The zero-order valence-electron chi connectivity index (χ0n) is 6.84. The summed E-state index contributed by atoms with van der Waals surface area (Å²) in [5.41, 5.74) is 0. The van der Waals surface area contributed by atoms with Crippen molar-refractivity contribution >= 4 is 5.91 Å². The van der Waals surface area contributed by atoms with Crippen LogP contribution in [-0.4, -0.2) is 37.0 Å². The van der Waals surface area contributed by atoms with Crippen LogP contribution in [0.15, 0.2) is 0 Å². The van der Waals surface area contributed by atoms with E-state index in [1.807, 2.05) is 11.9 Å². The van der Waals surface area contributed by atoms with Gasteiger partial charge in [-0.1, -0.05) is 0 Å². The van der Waals surface area contributed by atoms with Crippen LogP contribution in [0.5, 0.6) is 0 Å². The van der Waals surface area contributed by atoms with Crippen LogP contribution in [0.3, 0.4) is 0 Å². The van der Waals surface area contributed by atoms with Gasteiger partial charge in [0.25, 0.3) is 0 Å². The standard InChI is InChI=1S/C8H14N2O/c1-10-5-7-6(8(10)11)3-2-4-9-7/h6-7,9H,2-5H2,1H3. The van der Waals surface area contributed by atoms with E-state index < -0.39 is 0 Å². The number of rotatable bonds is 0. The van der Waals surface area contributed by atoms with Crippen molar-refractivity contribution in [1.29, 1.82) is 0 Å². The molecule has 0 aromatic rings. The van der Waals surface area contributed by atoms with E-state index in [1.165, 1.54) is 0 Å². The number of carbonyl (C=O) groups is 1. The van der Waals surface area contributed by atoms with Gasteiger partial charge in [0.1, 0.15) is 0 Å². The van der Waals surface area contributed by atoms with E-state index in [0.29, 0.717) is 11.9 Å². The van der Waals surface area contributed by atoms with Crippen LogP contribution in [0.25, 0.3) is 0 Å². The fourth-order valence-electron chi connectivity index (χ4n) is 2.11. The molecular formula is C8H14N2O. The summed E-state index contributed by atoms with van der Waals surface area (Å²) in [6.45, 7) is 1.99. The smallest absolute Gasteiger partial charge is 0.227 e. The van der Waals surface area contributed by atoms with E-state index in [-0.39, 0.29) is 5.92 Å². The zero-order chi connectivity index (χ0) is 7.84. The Kier molecular flexibility index (Phi) is 1.60. The van der Waals surface area contributed by atoms with Gasteiger partial charge in [0.2, 0.25) is 5.91 Å². The number of carbonyl (C=O) groups excluding carboxylic acids is 1. The van der Waals surface area contributed by atoms with E-state index in [4.69, 9.17) is 0 Å². The maximum Gasteiger partial charge on any atom is 0.227 e. The Morgan fingerprint density at radius 3 is 3.18 bits per heavy atom. The van der Waals surface area contributed by atoms with Crippen molar-refractivity contribution in [3.8, 4) is 0 Å². The SMILES string of the molecule is CN1CC2NCCCC2C1=O. The van der Waals surface area contributed by atoms with Crippen molar-refractivity contribution in [2.45, 2.75) is 18.9 Å². The molecule has 0 aromatic heterocycles. The molecule has 3 nitrogen and oxygen atoms in total. The molecule has 2 fully saturated rings. The summed E-state index contributed by atoms with van der Waals surface area (Å²) in [6.07, 6.45) is 2.24. The van der Waals surface area contributed by atoms with Crippen LogP contribution in [0.2, 0.25) is 0 Å². The lowest BCUT2D eigenvalue weighted by molar-refractivity contribution is -0.130. The van der Waals surface area contributed by atoms with Crippen LogP contribution < -0.4 is 5.32 Å². The Morgan fingerprint density at radius 1 is 1.64 bits per heavy atom. The van der Waals surface area contributed by atoms with Crippen LogP contribution in [0.1, 0.15) is 12.8 Å². The van der Waals surface area contributed by atoms with Gasteiger partial charge in [-0.05, 0) is 19.4 Å². The molecule has 2 unspecified atom stereocenters. The third-order valence-electron chi connectivity index (χ3n) is 2.75. The minimum Gasteiger partial charge on any atom is -0.344 e. The number of nitrogens with zero attached hydrogens (tertiary/aromatic N) is 1. The summed E-state index contributed by atoms with van der Waals surface area (Å²) >= 11 is 0. The molecule has 62 valence electrons. The molecule has 0 aliphatic carbocycles. The van der Waals surface area contributed by atoms with Crippen molar-refractivity contribution in [1.82, 2.24) is 10.2 Å². The molecule has 1 N–H and O–H groups in total. The Hall–Kier alpha value is -0.570. The number of piperidine rings is 1. The van der Waals surface area contributed by atoms with Gasteiger partial charge >= 0.3 is 0 Å². The Bertz CT molecular complexity index is 181. The number of hydrogen-bond donors (Lipinski definition) is 1. The van der Waals surface area contributed by atoms with Crippen molar-refractivity contribution in [2.75, 3.05) is 20.1 Å². The van der Waals surface area contributed by atoms with Crippen LogP contribution in [0, 0.1) is 5.92 Å². The van der Waals surface area contributed by atoms with E-state index in [2.05, 4.69) is 5.32 Å². The predicted molar refractivity (Wildman–Crippen MR) is 42.2 cm³/mol. The van der Waals surface area contributed by atoms with Crippen molar-refractivity contribution in [3.05, 3.63) is 0 Å². The molecular weight excluding hydrogens is 140 g/mol. The minimum absolute atomic E-state index is 0.286. The van der Waals surface area contributed by atoms with Gasteiger partial charge in [-0.2, -0.15) is 0 Å². The summed E-state index contributed by atoms with van der Waals surface area (Å²) in [6, 6.07) is 0.446. The van der Waals surface area contributed by atoms with Gasteiger partial charge in [0.05, 0.1) is 5.92 Å². The van der Waals surface area contributed by atoms with Gasteiger partial charge in [-0.15, -0.1) is 0 Å². The number of fused-ring (bicyclic) bond motifs is 1. The lowest BCUT2D eigenvalue weighted by Crippen LogP contribution is -2.41. The zero-order valence-corrected chi connectivity index (χ0v) is 6.84. The lowest BCUT2D eigenvalue weighted by atomic mass is 9.94. The molecule has 2 atom stereocenters. The number of likely N-dealkylation sites (N-methyl/N-ethyl adjacent to an activating group) is 1. The lowest BCUT2D eigenvalue weighted by Gasteiger charge is -2.23. The second-order valence-corrected chi connectivity index (χ2v) is 3.53. The number of hydrogen-bond acceptors (Lipinski definition) is 2. The summed E-state index contributed by atoms with van der Waals surface area (Å²) in [5.74, 6) is 0.621. The number of likely N-dealkylation sites (tertiary alicyclic amines) is 1. The summed E-state index contributed by atoms with van der Waals surface area (Å²) in [5, 5.41) is 3.38. The fourth-order valence-corrected chi connectivity index (χ4v) is 2.11. The van der Waals surface area contributed by atoms with Crippen LogP contribution >= 0.6 is 0 Å². The topological polar surface area (TPSA) is 32.3 Å². The third-order valence-corrected chi connectivity index (χ3v) is 2.75. The van der Waals surface area contributed by atoms with E-state index in [1.54, 1.807) is 0 Å². The van der Waals surface area contributed by atoms with Gasteiger partial charge in [-0.3, -0.25) is 4.79 Å². The van der Waals surface area contributed by atoms with Gasteiger partial charge in [-0.25, -0.2) is 0 Å². The molecule has 0 saturated carbocycles. The third kappa shape index (κ3) is 1.03. The first-order valence-corrected chi connectivity index (χ1v) is 4.27. The maximum absolute atomic E-state index is 11.4. The molecule has 0 spiro atoms. The Morgan fingerprint density at radius 2 is 2.45 bits per heavy atom. The van der Waals surface area contributed by atoms with E-state index in [9.17, 15) is 4.79 Å². The van der Waals surface area contributed by atoms with Gasteiger partial charge in [0, 0.05) is 19.6 Å². The highest BCUT2D eigenvalue weighted by Gasteiger charge is 2.39. The predicted octanol–water partition coefficient (Wildman–Crippen LogP) is -0.173. The molecule has 2 aliphatic heterocycles. The Labute approximate surface area is 66.8 Å². The molecule has 3 heteroatoms. The van der Waals surface area contributed by atoms with Gasteiger partial charge < -0.3 is 10.2 Å². The van der Waals surface area contributed by atoms with Gasteiger partial charge in [0.15, 0.2) is 0 Å². The molecule has 2 aliphatic rings. The number of nitrogens with one attached hydrogen (secondary N) is 1. The quantitative estimate of drug-likeness (QED) is 0.525. The molecule has 11 heavy (non-hydrogen) atoms. The van der Waals surface area contributed by atoms with E-state index in [0.717, 1.165) is 25.9 Å². The van der Waals surface area contributed by atoms with Crippen LogP contribution in [-0.2, 0) is 4.79 Å². The first-order chi connectivity index (χ1) is 5.29. The molecule has 2 heterocycles. The summed E-state index contributed by atoms with van der Waals surface area (Å²) in [4.78, 5) is 13.3. The fraction of sp³-hybridized carbons (Fsp3) is 0.875. The molecule has 2 saturated heterocycles. The molecule has 1 amide bonds. The minimum atomic E-state index is 0.286. The average Bonchev–Trinajstić information content (AvgIpc) is 2.30. The Balaban J connectivity index is 2.11. The monoisotopic (exact) mass is 154 g/mol. The first kappa shape index (κ1) is 7.10. The summed E-state index contributed by atoms with van der Waals surface area (Å²) in [7, 11) is 1.89. The largest absolute Gasteiger partial charge is 0.344 e. The molecule has 2 rings (SSSR count). The second kappa shape index (κ2) is 2.48. The highest BCUT2D eigenvalue weighted by atomic mass is 16.2. The molecule has 0 radical (unpaired) electrons. The highest BCUT2D eigenvalue weighted by Crippen LogP contribution is 2.24. The van der Waals surface area contributed by atoms with Crippen LogP contribution in [0.4, 0.5) is 0 Å². The van der Waals surface area contributed by atoms with Crippen molar-refractivity contribution in [2.24, 2.45) is 5.92 Å². The second-order valence-electron chi connectivity index (χ2n) is 3.53. The van der Waals surface area contributed by atoms with E-state index >= 15 is 0 Å². The summed E-state index contributed by atoms with van der Waals surface area (Å²) < 4.78 is 0. The number of amides is 1. The maximum atomic E-state index is 11.4. The average molecular weight is 154 g/mol. The van der Waals surface area contributed by atoms with Crippen molar-refractivity contribution < 1.29 is 4.79 Å². The molecule has 0 aromatic carbocycles. The highest BCUT2D eigenvalue weighted by molar-refractivity contribution is 5.81. The van der Waals surface area contributed by atoms with Crippen molar-refractivity contribution in [3.63, 3.8) is 0 Å².